The Labute approximate surface area is 436 Å². The largest absolute Gasteiger partial charge is 0.462 e. The molecule has 0 aromatic heterocycles. The second-order valence-corrected chi connectivity index (χ2v) is 18.4. The highest BCUT2D eigenvalue weighted by molar-refractivity contribution is 5.71. The molecular formula is C65H104O6. The first-order valence-corrected chi connectivity index (χ1v) is 28.7. The van der Waals surface area contributed by atoms with Crippen LogP contribution in [-0.2, 0) is 28.6 Å². The first-order valence-electron chi connectivity index (χ1n) is 28.7. The smallest absolute Gasteiger partial charge is 0.306 e. The lowest BCUT2D eigenvalue weighted by Crippen LogP contribution is -2.30. The third-order valence-corrected chi connectivity index (χ3v) is 11.6. The molecule has 0 aromatic rings. The SMILES string of the molecule is CC/C=C\C/C=C\C/C=C\C/C=C\C/C=C\CCCCCCCCCCCC(=O)OCC(COC(=O)CC/C=C\C/C=C\C/C=C\C/C=C\CC)OC(=O)CCCCCCC/C=C\C/C=C\CCCCC. The monoisotopic (exact) mass is 981 g/mol. The molecule has 0 spiro atoms. The van der Waals surface area contributed by atoms with Gasteiger partial charge >= 0.3 is 17.9 Å². The van der Waals surface area contributed by atoms with Crippen molar-refractivity contribution in [3.63, 3.8) is 0 Å². The molecule has 0 aliphatic heterocycles. The van der Waals surface area contributed by atoms with E-state index >= 15 is 0 Å². The minimum Gasteiger partial charge on any atom is -0.462 e. The highest BCUT2D eigenvalue weighted by Crippen LogP contribution is 2.14. The molecule has 0 N–H and O–H groups in total. The molecule has 0 rings (SSSR count). The molecule has 71 heavy (non-hydrogen) atoms. The van der Waals surface area contributed by atoms with Crippen LogP contribution in [0.4, 0.5) is 0 Å². The van der Waals surface area contributed by atoms with Crippen molar-refractivity contribution in [1.29, 1.82) is 0 Å². The van der Waals surface area contributed by atoms with E-state index < -0.39 is 6.10 Å². The summed E-state index contributed by atoms with van der Waals surface area (Å²) in [5.41, 5.74) is 0. The summed E-state index contributed by atoms with van der Waals surface area (Å²) >= 11 is 0. The topological polar surface area (TPSA) is 78.9 Å². The lowest BCUT2D eigenvalue weighted by Gasteiger charge is -2.18. The van der Waals surface area contributed by atoms with Gasteiger partial charge in [-0.15, -0.1) is 0 Å². The molecule has 0 saturated carbocycles. The molecule has 0 bridgehead atoms. The van der Waals surface area contributed by atoms with Crippen molar-refractivity contribution >= 4 is 17.9 Å². The molecule has 1 atom stereocenters. The van der Waals surface area contributed by atoms with Crippen LogP contribution in [0.15, 0.2) is 134 Å². The van der Waals surface area contributed by atoms with E-state index in [0.717, 1.165) is 128 Å². The van der Waals surface area contributed by atoms with Gasteiger partial charge in [-0.1, -0.05) is 231 Å². The molecule has 0 aromatic carbocycles. The molecule has 0 fully saturated rings. The van der Waals surface area contributed by atoms with Crippen LogP contribution in [0.5, 0.6) is 0 Å². The van der Waals surface area contributed by atoms with Crippen LogP contribution in [0.25, 0.3) is 0 Å². The molecule has 1 unspecified atom stereocenters. The molecule has 400 valence electrons. The van der Waals surface area contributed by atoms with Gasteiger partial charge in [-0.3, -0.25) is 14.4 Å². The minimum atomic E-state index is -0.821. The molecule has 0 aliphatic rings. The van der Waals surface area contributed by atoms with E-state index in [9.17, 15) is 14.4 Å². The zero-order valence-electron chi connectivity index (χ0n) is 45.7. The highest BCUT2D eigenvalue weighted by Gasteiger charge is 2.19. The zero-order valence-corrected chi connectivity index (χ0v) is 45.7. The van der Waals surface area contributed by atoms with Gasteiger partial charge in [-0.2, -0.15) is 0 Å². The molecule has 6 nitrogen and oxygen atoms in total. The summed E-state index contributed by atoms with van der Waals surface area (Å²) in [5, 5.41) is 0. The average Bonchev–Trinajstić information content (AvgIpc) is 3.37. The first kappa shape index (κ1) is 66.6. The van der Waals surface area contributed by atoms with Gasteiger partial charge in [0.1, 0.15) is 13.2 Å². The number of carbonyl (C=O) groups is 3. The Kier molecular flexibility index (Phi) is 54.5. The standard InChI is InChI=1S/C65H104O6/c1-4-7-10-13-16-19-22-25-27-28-29-30-31-32-33-34-35-36-38-40-43-46-49-52-55-58-64(67)70-61-62(60-69-63(66)57-54-51-48-45-42-39-24-21-18-15-12-9-6-3)71-65(68)59-56-53-50-47-44-41-37-26-23-20-17-14-11-8-5-2/h7,9-10,12,16-21,25-27,29-30,32-33,37,39,42,48,51,62H,4-6,8,11,13-15,22-24,28,31,34-36,38,40-41,43-47,49-50,52-61H2,1-3H3/b10-7-,12-9-,19-16-,20-17-,21-18-,27-25-,30-29-,33-32-,37-26-,42-39-,51-48-. The van der Waals surface area contributed by atoms with Gasteiger partial charge in [-0.05, 0) is 122 Å². The molecule has 0 aliphatic carbocycles. The number of ether oxygens (including phenoxy) is 3. The number of unbranched alkanes of at least 4 members (excludes halogenated alkanes) is 17. The van der Waals surface area contributed by atoms with Gasteiger partial charge in [-0.25, -0.2) is 0 Å². The lowest BCUT2D eigenvalue weighted by atomic mass is 10.1. The van der Waals surface area contributed by atoms with Crippen molar-refractivity contribution in [2.45, 2.75) is 245 Å². The Bertz CT molecular complexity index is 1550. The predicted molar refractivity (Wildman–Crippen MR) is 306 cm³/mol. The predicted octanol–water partition coefficient (Wildman–Crippen LogP) is 19.4. The van der Waals surface area contributed by atoms with E-state index in [1.54, 1.807) is 0 Å². The fourth-order valence-electron chi connectivity index (χ4n) is 7.39. The molecule has 6 heteroatoms. The molecule has 0 radical (unpaired) electrons. The van der Waals surface area contributed by atoms with Crippen molar-refractivity contribution in [3.8, 4) is 0 Å². The summed E-state index contributed by atoms with van der Waals surface area (Å²) in [6.45, 7) is 6.29. The Morgan fingerprint density at radius 1 is 0.296 bits per heavy atom. The molecule has 0 heterocycles. The van der Waals surface area contributed by atoms with E-state index in [1.165, 1.54) is 64.2 Å². The number of allylic oxidation sites excluding steroid dienone is 22. The van der Waals surface area contributed by atoms with Gasteiger partial charge in [0, 0.05) is 19.3 Å². The van der Waals surface area contributed by atoms with Crippen LogP contribution in [0, 0.1) is 0 Å². The molecule has 0 amide bonds. The average molecular weight is 982 g/mol. The van der Waals surface area contributed by atoms with Gasteiger partial charge in [0.05, 0.1) is 0 Å². The van der Waals surface area contributed by atoms with Crippen LogP contribution < -0.4 is 0 Å². The van der Waals surface area contributed by atoms with Crippen LogP contribution in [0.2, 0.25) is 0 Å². The van der Waals surface area contributed by atoms with Crippen molar-refractivity contribution in [2.75, 3.05) is 13.2 Å². The van der Waals surface area contributed by atoms with Gasteiger partial charge in [0.2, 0.25) is 0 Å². The van der Waals surface area contributed by atoms with E-state index in [4.69, 9.17) is 14.2 Å². The second-order valence-electron chi connectivity index (χ2n) is 18.4. The summed E-state index contributed by atoms with van der Waals surface area (Å²) in [5.74, 6) is -1.02. The van der Waals surface area contributed by atoms with Crippen molar-refractivity contribution in [1.82, 2.24) is 0 Å². The number of carbonyl (C=O) groups excluding carboxylic acids is 3. The van der Waals surface area contributed by atoms with E-state index in [2.05, 4.69) is 142 Å². The number of hydrogen-bond acceptors (Lipinski definition) is 6. The van der Waals surface area contributed by atoms with Gasteiger partial charge < -0.3 is 14.2 Å². The van der Waals surface area contributed by atoms with Crippen LogP contribution in [0.1, 0.15) is 239 Å². The normalized spacial score (nSPS) is 13.1. The summed E-state index contributed by atoms with van der Waals surface area (Å²) in [6, 6.07) is 0. The minimum absolute atomic E-state index is 0.113. The molecular weight excluding hydrogens is 877 g/mol. The summed E-state index contributed by atoms with van der Waals surface area (Å²) < 4.78 is 16.8. The van der Waals surface area contributed by atoms with Crippen LogP contribution >= 0.6 is 0 Å². The van der Waals surface area contributed by atoms with Crippen molar-refractivity contribution < 1.29 is 28.6 Å². The second kappa shape index (κ2) is 58.1. The zero-order chi connectivity index (χ0) is 51.4. The highest BCUT2D eigenvalue weighted by atomic mass is 16.6. The first-order chi connectivity index (χ1) is 35.0. The Morgan fingerprint density at radius 2 is 0.577 bits per heavy atom. The third kappa shape index (κ3) is 56.3. The Balaban J connectivity index is 4.41. The lowest BCUT2D eigenvalue weighted by molar-refractivity contribution is -0.166. The van der Waals surface area contributed by atoms with Crippen molar-refractivity contribution in [2.24, 2.45) is 0 Å². The van der Waals surface area contributed by atoms with Gasteiger partial charge in [0.25, 0.3) is 0 Å². The maximum atomic E-state index is 12.8. The summed E-state index contributed by atoms with van der Waals surface area (Å²) in [6.07, 6.45) is 81.7. The Morgan fingerprint density at radius 3 is 0.944 bits per heavy atom. The third-order valence-electron chi connectivity index (χ3n) is 11.6. The molecule has 0 saturated heterocycles. The van der Waals surface area contributed by atoms with E-state index in [0.29, 0.717) is 19.3 Å². The summed E-state index contributed by atoms with van der Waals surface area (Å²) in [7, 11) is 0. The number of hydrogen-bond donors (Lipinski definition) is 0. The van der Waals surface area contributed by atoms with Crippen LogP contribution in [-0.4, -0.2) is 37.2 Å². The Hall–Kier alpha value is -4.45. The maximum Gasteiger partial charge on any atom is 0.306 e. The maximum absolute atomic E-state index is 12.8. The summed E-state index contributed by atoms with van der Waals surface area (Å²) in [4.78, 5) is 38.1. The quantitative estimate of drug-likeness (QED) is 0.0262. The van der Waals surface area contributed by atoms with E-state index in [1.807, 2.05) is 12.2 Å². The van der Waals surface area contributed by atoms with Crippen LogP contribution in [0.3, 0.4) is 0 Å². The number of rotatable bonds is 50. The fourth-order valence-corrected chi connectivity index (χ4v) is 7.39. The van der Waals surface area contributed by atoms with Gasteiger partial charge in [0.15, 0.2) is 6.10 Å². The van der Waals surface area contributed by atoms with E-state index in [-0.39, 0.29) is 37.5 Å². The number of esters is 3. The van der Waals surface area contributed by atoms with Crippen molar-refractivity contribution in [3.05, 3.63) is 134 Å². The fraction of sp³-hybridized carbons (Fsp3) is 0.615.